The number of fused-ring (bicyclic) bond motifs is 2. The Morgan fingerprint density at radius 3 is 2.59 bits per heavy atom. The molecule has 0 atom stereocenters. The SMILES string of the molecule is COc1cccc2c(=O)c3ccc(NC(=O)COc4ccc(C)cc4)cc3oc12. The molecule has 4 rings (SSSR count). The average molecular weight is 389 g/mol. The molecule has 4 aromatic rings. The summed E-state index contributed by atoms with van der Waals surface area (Å²) in [6.45, 7) is 1.85. The molecule has 0 aliphatic carbocycles. The van der Waals surface area contributed by atoms with Crippen molar-refractivity contribution in [1.82, 2.24) is 0 Å². The van der Waals surface area contributed by atoms with Gasteiger partial charge in [-0.2, -0.15) is 0 Å². The fourth-order valence-electron chi connectivity index (χ4n) is 3.07. The van der Waals surface area contributed by atoms with Crippen LogP contribution in [0.25, 0.3) is 21.9 Å². The molecule has 6 heteroatoms. The number of methoxy groups -OCH3 is 1. The van der Waals surface area contributed by atoms with Crippen LogP contribution in [0.2, 0.25) is 0 Å². The van der Waals surface area contributed by atoms with Gasteiger partial charge >= 0.3 is 0 Å². The molecule has 0 saturated carbocycles. The first kappa shape index (κ1) is 18.6. The number of hydrogen-bond acceptors (Lipinski definition) is 5. The highest BCUT2D eigenvalue weighted by atomic mass is 16.5. The van der Waals surface area contributed by atoms with Crippen LogP contribution in [0.5, 0.6) is 11.5 Å². The first-order valence-corrected chi connectivity index (χ1v) is 9.08. The summed E-state index contributed by atoms with van der Waals surface area (Å²) in [5, 5.41) is 3.63. The monoisotopic (exact) mass is 389 g/mol. The molecule has 0 bridgehead atoms. The summed E-state index contributed by atoms with van der Waals surface area (Å²) < 4.78 is 16.7. The Morgan fingerprint density at radius 2 is 1.83 bits per heavy atom. The topological polar surface area (TPSA) is 77.8 Å². The van der Waals surface area contributed by atoms with Gasteiger partial charge in [0.25, 0.3) is 5.91 Å². The van der Waals surface area contributed by atoms with Crippen molar-refractivity contribution < 1.29 is 18.7 Å². The predicted molar refractivity (Wildman–Crippen MR) is 112 cm³/mol. The second kappa shape index (κ2) is 7.67. The van der Waals surface area contributed by atoms with Crippen LogP contribution in [-0.4, -0.2) is 19.6 Å². The highest BCUT2D eigenvalue weighted by molar-refractivity contribution is 5.96. The maximum absolute atomic E-state index is 12.8. The number of benzene rings is 3. The minimum Gasteiger partial charge on any atom is -0.493 e. The van der Waals surface area contributed by atoms with E-state index in [-0.39, 0.29) is 17.9 Å². The minimum atomic E-state index is -0.314. The third-order valence-electron chi connectivity index (χ3n) is 4.56. The van der Waals surface area contributed by atoms with Gasteiger partial charge in [0.1, 0.15) is 11.3 Å². The van der Waals surface area contributed by atoms with E-state index in [0.29, 0.717) is 39.1 Å². The zero-order chi connectivity index (χ0) is 20.4. The van der Waals surface area contributed by atoms with Crippen LogP contribution in [0.1, 0.15) is 5.56 Å². The van der Waals surface area contributed by atoms with Crippen LogP contribution >= 0.6 is 0 Å². The lowest BCUT2D eigenvalue weighted by Gasteiger charge is -2.09. The molecule has 1 amide bonds. The van der Waals surface area contributed by atoms with Crippen molar-refractivity contribution in [1.29, 1.82) is 0 Å². The lowest BCUT2D eigenvalue weighted by molar-refractivity contribution is -0.118. The van der Waals surface area contributed by atoms with Gasteiger partial charge in [0, 0.05) is 11.8 Å². The number of aryl methyl sites for hydroxylation is 1. The number of hydrogen-bond donors (Lipinski definition) is 1. The van der Waals surface area contributed by atoms with Crippen LogP contribution in [0, 0.1) is 6.92 Å². The number of anilines is 1. The Morgan fingerprint density at radius 1 is 1.03 bits per heavy atom. The Bertz CT molecular complexity index is 1260. The molecule has 0 fully saturated rings. The summed E-state index contributed by atoms with van der Waals surface area (Å²) in [6, 6.07) is 17.5. The molecule has 1 heterocycles. The molecule has 0 spiro atoms. The van der Waals surface area contributed by atoms with Gasteiger partial charge in [-0.15, -0.1) is 0 Å². The van der Waals surface area contributed by atoms with Crippen molar-refractivity contribution in [2.24, 2.45) is 0 Å². The highest BCUT2D eigenvalue weighted by Gasteiger charge is 2.12. The molecule has 0 radical (unpaired) electrons. The number of nitrogens with one attached hydrogen (secondary N) is 1. The van der Waals surface area contributed by atoms with Gasteiger partial charge in [0.05, 0.1) is 17.9 Å². The third-order valence-corrected chi connectivity index (χ3v) is 4.56. The Hall–Kier alpha value is -3.80. The molecule has 0 saturated heterocycles. The van der Waals surface area contributed by atoms with Gasteiger partial charge in [-0.3, -0.25) is 9.59 Å². The average Bonchev–Trinajstić information content (AvgIpc) is 2.73. The molecule has 146 valence electrons. The fraction of sp³-hybridized carbons (Fsp3) is 0.130. The Labute approximate surface area is 166 Å². The van der Waals surface area contributed by atoms with Gasteiger partial charge in [0.15, 0.2) is 17.9 Å². The second-order valence-electron chi connectivity index (χ2n) is 6.63. The van der Waals surface area contributed by atoms with Crippen molar-refractivity contribution in [2.75, 3.05) is 19.0 Å². The first-order chi connectivity index (χ1) is 14.0. The highest BCUT2D eigenvalue weighted by Crippen LogP contribution is 2.28. The Balaban J connectivity index is 1.58. The van der Waals surface area contributed by atoms with E-state index < -0.39 is 0 Å². The Kier molecular flexibility index (Phi) is 4.91. The van der Waals surface area contributed by atoms with E-state index in [1.165, 1.54) is 7.11 Å². The number of amides is 1. The standard InChI is InChI=1S/C23H19NO5/c1-14-6-9-16(10-7-14)28-13-21(25)24-15-8-11-17-20(12-15)29-23-18(22(17)26)4-3-5-19(23)27-2/h3-12H,13H2,1-2H3,(H,24,25). The van der Waals surface area contributed by atoms with E-state index in [9.17, 15) is 9.59 Å². The summed E-state index contributed by atoms with van der Waals surface area (Å²) in [5.74, 6) is 0.780. The third kappa shape index (κ3) is 3.78. The number of ether oxygens (including phenoxy) is 2. The molecule has 1 N–H and O–H groups in total. The lowest BCUT2D eigenvalue weighted by atomic mass is 10.1. The quantitative estimate of drug-likeness (QED) is 0.516. The van der Waals surface area contributed by atoms with Gasteiger partial charge < -0.3 is 19.2 Å². The largest absolute Gasteiger partial charge is 0.493 e. The van der Waals surface area contributed by atoms with Crippen molar-refractivity contribution in [3.05, 3.63) is 76.5 Å². The van der Waals surface area contributed by atoms with Gasteiger partial charge in [0.2, 0.25) is 5.43 Å². The molecule has 29 heavy (non-hydrogen) atoms. The molecular formula is C23H19NO5. The predicted octanol–water partition coefficient (Wildman–Crippen LogP) is 4.28. The van der Waals surface area contributed by atoms with E-state index in [1.54, 1.807) is 36.4 Å². The fourth-order valence-corrected chi connectivity index (χ4v) is 3.07. The van der Waals surface area contributed by atoms with Crippen LogP contribution in [0.15, 0.2) is 69.9 Å². The summed E-state index contributed by atoms with van der Waals surface area (Å²) in [5.41, 5.74) is 2.21. The van der Waals surface area contributed by atoms with Crippen LogP contribution in [0.4, 0.5) is 5.69 Å². The number of carbonyl (C=O) groups is 1. The molecule has 0 unspecified atom stereocenters. The van der Waals surface area contributed by atoms with E-state index in [1.807, 2.05) is 31.2 Å². The van der Waals surface area contributed by atoms with Gasteiger partial charge in [-0.05, 0) is 43.3 Å². The van der Waals surface area contributed by atoms with E-state index >= 15 is 0 Å². The van der Waals surface area contributed by atoms with Gasteiger partial charge in [-0.1, -0.05) is 23.8 Å². The smallest absolute Gasteiger partial charge is 0.262 e. The molecule has 6 nitrogen and oxygen atoms in total. The zero-order valence-corrected chi connectivity index (χ0v) is 16.0. The maximum Gasteiger partial charge on any atom is 0.262 e. The number of rotatable bonds is 5. The second-order valence-corrected chi connectivity index (χ2v) is 6.63. The van der Waals surface area contributed by atoms with E-state index in [0.717, 1.165) is 5.56 Å². The summed E-state index contributed by atoms with van der Waals surface area (Å²) in [6.07, 6.45) is 0. The summed E-state index contributed by atoms with van der Waals surface area (Å²) in [4.78, 5) is 25.0. The number of para-hydroxylation sites is 1. The van der Waals surface area contributed by atoms with E-state index in [2.05, 4.69) is 5.32 Å². The molecule has 0 aliphatic rings. The van der Waals surface area contributed by atoms with Crippen LogP contribution < -0.4 is 20.2 Å². The minimum absolute atomic E-state index is 0.128. The molecule has 0 aliphatic heterocycles. The lowest BCUT2D eigenvalue weighted by Crippen LogP contribution is -2.20. The normalized spacial score (nSPS) is 10.8. The van der Waals surface area contributed by atoms with Crippen LogP contribution in [0.3, 0.4) is 0 Å². The first-order valence-electron chi connectivity index (χ1n) is 9.08. The summed E-state index contributed by atoms with van der Waals surface area (Å²) in [7, 11) is 1.52. The molecule has 1 aromatic heterocycles. The maximum atomic E-state index is 12.8. The summed E-state index contributed by atoms with van der Waals surface area (Å²) >= 11 is 0. The van der Waals surface area contributed by atoms with Gasteiger partial charge in [-0.25, -0.2) is 0 Å². The molecular weight excluding hydrogens is 370 g/mol. The zero-order valence-electron chi connectivity index (χ0n) is 16.0. The molecule has 3 aromatic carbocycles. The van der Waals surface area contributed by atoms with E-state index in [4.69, 9.17) is 13.9 Å². The van der Waals surface area contributed by atoms with Crippen molar-refractivity contribution in [2.45, 2.75) is 6.92 Å². The van der Waals surface area contributed by atoms with Crippen molar-refractivity contribution in [3.63, 3.8) is 0 Å². The van der Waals surface area contributed by atoms with Crippen molar-refractivity contribution >= 4 is 33.5 Å². The van der Waals surface area contributed by atoms with Crippen LogP contribution in [-0.2, 0) is 4.79 Å². The number of carbonyl (C=O) groups excluding carboxylic acids is 1. The van der Waals surface area contributed by atoms with Crippen molar-refractivity contribution in [3.8, 4) is 11.5 Å².